The number of carbonyl (C=O) groups is 1. The molecule has 0 bridgehead atoms. The number of fused-ring (bicyclic) bond motifs is 1. The molecule has 1 aromatic carbocycles. The molecule has 1 aliphatic rings. The second-order valence-corrected chi connectivity index (χ2v) is 8.19. The maximum absolute atomic E-state index is 13.5. The number of aromatic nitrogens is 2. The molecule has 0 radical (unpaired) electrons. The lowest BCUT2D eigenvalue weighted by molar-refractivity contribution is -0.136. The van der Waals surface area contributed by atoms with Crippen LogP contribution in [0.15, 0.2) is 63.8 Å². The molecule has 0 unspecified atom stereocenters. The van der Waals surface area contributed by atoms with Gasteiger partial charge in [-0.25, -0.2) is 9.79 Å². The summed E-state index contributed by atoms with van der Waals surface area (Å²) in [7, 11) is 2.82. The Bertz CT molecular complexity index is 1380. The van der Waals surface area contributed by atoms with Crippen LogP contribution >= 0.6 is 22.9 Å². The average molecular weight is 456 g/mol. The third-order valence-corrected chi connectivity index (χ3v) is 6.14. The second-order valence-electron chi connectivity index (χ2n) is 6.74. The minimum absolute atomic E-state index is 0.255. The third-order valence-electron chi connectivity index (χ3n) is 4.92. The highest BCUT2D eigenvalue weighted by molar-refractivity contribution is 7.07. The highest BCUT2D eigenvalue weighted by atomic mass is 35.5. The zero-order chi connectivity index (χ0) is 22.1. The van der Waals surface area contributed by atoms with Gasteiger partial charge in [-0.15, -0.1) is 0 Å². The molecule has 158 valence electrons. The molecule has 9 heteroatoms. The van der Waals surface area contributed by atoms with Gasteiger partial charge in [0.15, 0.2) is 4.80 Å². The van der Waals surface area contributed by atoms with E-state index < -0.39 is 12.0 Å². The van der Waals surface area contributed by atoms with E-state index in [2.05, 4.69) is 9.98 Å². The van der Waals surface area contributed by atoms with Crippen molar-refractivity contribution < 1.29 is 14.3 Å². The first-order valence-electron chi connectivity index (χ1n) is 9.29. The Kier molecular flexibility index (Phi) is 5.75. The number of thiazole rings is 1. The van der Waals surface area contributed by atoms with E-state index in [-0.39, 0.29) is 11.1 Å². The van der Waals surface area contributed by atoms with Crippen LogP contribution in [0.1, 0.15) is 24.1 Å². The van der Waals surface area contributed by atoms with Crippen LogP contribution in [0.2, 0.25) is 5.02 Å². The van der Waals surface area contributed by atoms with Crippen molar-refractivity contribution in [3.05, 3.63) is 89.8 Å². The molecule has 4 rings (SSSR count). The number of pyridine rings is 1. The number of allylic oxidation sites excluding steroid dienone is 1. The summed E-state index contributed by atoms with van der Waals surface area (Å²) >= 11 is 7.51. The Morgan fingerprint density at radius 3 is 2.65 bits per heavy atom. The number of benzene rings is 1. The van der Waals surface area contributed by atoms with Crippen molar-refractivity contribution in [3.8, 4) is 5.75 Å². The predicted molar refractivity (Wildman–Crippen MR) is 118 cm³/mol. The second kappa shape index (κ2) is 8.49. The SMILES string of the molecule is COC(=O)C1=C(C)N=c2s/c(=C\c3ccncc3)c(=O)n2[C@@H]1c1cc(Cl)ccc1OC. The van der Waals surface area contributed by atoms with Gasteiger partial charge in [-0.2, -0.15) is 0 Å². The number of halogens is 1. The first kappa shape index (κ1) is 21.0. The number of methoxy groups -OCH3 is 2. The molecule has 2 aromatic heterocycles. The van der Waals surface area contributed by atoms with Gasteiger partial charge in [0.2, 0.25) is 0 Å². The Labute approximate surface area is 186 Å². The summed E-state index contributed by atoms with van der Waals surface area (Å²) in [5.41, 5.74) is 1.85. The van der Waals surface area contributed by atoms with Crippen LogP contribution in [-0.2, 0) is 9.53 Å². The largest absolute Gasteiger partial charge is 0.496 e. The number of esters is 1. The van der Waals surface area contributed by atoms with E-state index in [4.69, 9.17) is 21.1 Å². The van der Waals surface area contributed by atoms with Gasteiger partial charge < -0.3 is 9.47 Å². The van der Waals surface area contributed by atoms with Crippen molar-refractivity contribution in [3.63, 3.8) is 0 Å². The van der Waals surface area contributed by atoms with E-state index in [1.807, 2.05) is 0 Å². The van der Waals surface area contributed by atoms with Gasteiger partial charge in [0.1, 0.15) is 11.8 Å². The number of nitrogens with zero attached hydrogens (tertiary/aromatic N) is 3. The fourth-order valence-corrected chi connectivity index (χ4v) is 4.74. The highest BCUT2D eigenvalue weighted by Crippen LogP contribution is 2.37. The molecule has 0 amide bonds. The highest BCUT2D eigenvalue weighted by Gasteiger charge is 2.35. The van der Waals surface area contributed by atoms with Crippen molar-refractivity contribution >= 4 is 35.0 Å². The molecular formula is C22H18ClN3O4S. The lowest BCUT2D eigenvalue weighted by Gasteiger charge is -2.25. The van der Waals surface area contributed by atoms with E-state index in [0.29, 0.717) is 31.4 Å². The van der Waals surface area contributed by atoms with Crippen molar-refractivity contribution in [2.75, 3.05) is 14.2 Å². The van der Waals surface area contributed by atoms with Crippen molar-refractivity contribution in [2.45, 2.75) is 13.0 Å². The van der Waals surface area contributed by atoms with Crippen molar-refractivity contribution in [2.24, 2.45) is 4.99 Å². The molecule has 3 aromatic rings. The van der Waals surface area contributed by atoms with Gasteiger partial charge in [0.05, 0.1) is 30.0 Å². The fraction of sp³-hybridized carbons (Fsp3) is 0.182. The normalized spacial score (nSPS) is 16.0. The van der Waals surface area contributed by atoms with Crippen LogP contribution in [0.4, 0.5) is 0 Å². The summed E-state index contributed by atoms with van der Waals surface area (Å²) in [6, 6.07) is 7.89. The Morgan fingerprint density at radius 2 is 1.97 bits per heavy atom. The molecule has 31 heavy (non-hydrogen) atoms. The van der Waals surface area contributed by atoms with Gasteiger partial charge in [-0.05, 0) is 48.9 Å². The summed E-state index contributed by atoms with van der Waals surface area (Å²) in [6.07, 6.45) is 5.08. The molecular weight excluding hydrogens is 438 g/mol. The van der Waals surface area contributed by atoms with E-state index >= 15 is 0 Å². The maximum Gasteiger partial charge on any atom is 0.338 e. The molecule has 1 atom stereocenters. The van der Waals surface area contributed by atoms with Crippen LogP contribution in [0.3, 0.4) is 0 Å². The number of rotatable bonds is 4. The topological polar surface area (TPSA) is 82.8 Å². The minimum atomic E-state index is -0.794. The molecule has 0 spiro atoms. The molecule has 0 saturated carbocycles. The molecule has 0 fully saturated rings. The van der Waals surface area contributed by atoms with Crippen molar-refractivity contribution in [1.29, 1.82) is 0 Å². The molecule has 3 heterocycles. The smallest absolute Gasteiger partial charge is 0.338 e. The molecule has 0 saturated heterocycles. The summed E-state index contributed by atoms with van der Waals surface area (Å²) in [4.78, 5) is 35.2. The van der Waals surface area contributed by atoms with E-state index in [1.165, 1.54) is 30.1 Å². The summed E-state index contributed by atoms with van der Waals surface area (Å²) in [6.45, 7) is 1.72. The number of hydrogen-bond donors (Lipinski definition) is 0. The lowest BCUT2D eigenvalue weighted by atomic mass is 9.95. The maximum atomic E-state index is 13.5. The van der Waals surface area contributed by atoms with Gasteiger partial charge in [0.25, 0.3) is 5.56 Å². The van der Waals surface area contributed by atoms with Crippen LogP contribution in [0.25, 0.3) is 6.08 Å². The number of carbonyl (C=O) groups excluding carboxylic acids is 1. The van der Waals surface area contributed by atoms with E-state index in [1.54, 1.807) is 55.7 Å². The van der Waals surface area contributed by atoms with Crippen molar-refractivity contribution in [1.82, 2.24) is 9.55 Å². The Hall–Kier alpha value is -3.23. The summed E-state index contributed by atoms with van der Waals surface area (Å²) in [5, 5.41) is 0.452. The summed E-state index contributed by atoms with van der Waals surface area (Å²) in [5.74, 6) is -0.0779. The standard InChI is InChI=1S/C22H18ClN3O4S/c1-12-18(21(28)30-3)19(15-11-14(23)4-5-16(15)29-2)26-20(27)17(31-22(26)25-12)10-13-6-8-24-9-7-13/h4-11,19H,1-3H3/b17-10-/t19-/m1/s1. The monoisotopic (exact) mass is 455 g/mol. The first-order chi connectivity index (χ1) is 14.9. The Morgan fingerprint density at radius 1 is 1.23 bits per heavy atom. The molecule has 7 nitrogen and oxygen atoms in total. The van der Waals surface area contributed by atoms with Crippen LogP contribution in [0.5, 0.6) is 5.75 Å². The number of hydrogen-bond acceptors (Lipinski definition) is 7. The zero-order valence-corrected chi connectivity index (χ0v) is 18.5. The number of ether oxygens (including phenoxy) is 2. The van der Waals surface area contributed by atoms with Crippen LogP contribution in [0, 0.1) is 0 Å². The van der Waals surface area contributed by atoms with Gasteiger partial charge in [-0.3, -0.25) is 14.3 Å². The minimum Gasteiger partial charge on any atom is -0.496 e. The summed E-state index contributed by atoms with van der Waals surface area (Å²) < 4.78 is 12.5. The molecule has 0 N–H and O–H groups in total. The molecule has 0 aliphatic carbocycles. The third kappa shape index (κ3) is 3.80. The predicted octanol–water partition coefficient (Wildman–Crippen LogP) is 2.47. The lowest BCUT2D eigenvalue weighted by Crippen LogP contribution is -2.40. The van der Waals surface area contributed by atoms with Crippen LogP contribution < -0.4 is 19.6 Å². The quantitative estimate of drug-likeness (QED) is 0.564. The van der Waals surface area contributed by atoms with E-state index in [9.17, 15) is 9.59 Å². The van der Waals surface area contributed by atoms with Crippen LogP contribution in [-0.4, -0.2) is 29.7 Å². The zero-order valence-electron chi connectivity index (χ0n) is 17.0. The van der Waals surface area contributed by atoms with Gasteiger partial charge in [0, 0.05) is 23.0 Å². The fourth-order valence-electron chi connectivity index (χ4n) is 3.52. The average Bonchev–Trinajstić information content (AvgIpc) is 3.07. The first-order valence-corrected chi connectivity index (χ1v) is 10.5. The van der Waals surface area contributed by atoms with Gasteiger partial charge >= 0.3 is 5.97 Å². The van der Waals surface area contributed by atoms with Gasteiger partial charge in [-0.1, -0.05) is 22.9 Å². The molecule has 1 aliphatic heterocycles. The van der Waals surface area contributed by atoms with E-state index in [0.717, 1.165) is 5.56 Å². The Balaban J connectivity index is 2.04.